The lowest BCUT2D eigenvalue weighted by Gasteiger charge is -2.34. The van der Waals surface area contributed by atoms with Crippen molar-refractivity contribution < 1.29 is 18.3 Å². The van der Waals surface area contributed by atoms with Gasteiger partial charge in [-0.05, 0) is 58.6 Å². The number of alkyl halides is 3. The first-order chi connectivity index (χ1) is 14.1. The van der Waals surface area contributed by atoms with E-state index >= 15 is 0 Å². The fourth-order valence-corrected chi connectivity index (χ4v) is 4.25. The SMILES string of the molecule is CC(C)c1cc(C(C)(C)CC(C)(C)C)cc(-n2nc3ccc(C(F)(F)F)cc3n2)c1O. The summed E-state index contributed by atoms with van der Waals surface area (Å²) in [4.78, 5) is 1.24. The molecule has 7 heteroatoms. The number of rotatable bonds is 4. The van der Waals surface area contributed by atoms with E-state index in [2.05, 4.69) is 44.8 Å². The highest BCUT2D eigenvalue weighted by atomic mass is 19.4. The quantitative estimate of drug-likeness (QED) is 0.483. The molecule has 0 saturated carbocycles. The van der Waals surface area contributed by atoms with Gasteiger partial charge < -0.3 is 5.11 Å². The average molecular weight is 434 g/mol. The van der Waals surface area contributed by atoms with Gasteiger partial charge in [-0.25, -0.2) is 0 Å². The summed E-state index contributed by atoms with van der Waals surface area (Å²) in [6, 6.07) is 7.13. The number of aromatic nitrogens is 3. The Hall–Kier alpha value is -2.57. The van der Waals surface area contributed by atoms with Gasteiger partial charge in [0.2, 0.25) is 0 Å². The summed E-state index contributed by atoms with van der Waals surface area (Å²) < 4.78 is 39.2. The maximum absolute atomic E-state index is 13.1. The van der Waals surface area contributed by atoms with E-state index in [1.54, 1.807) is 0 Å². The molecule has 31 heavy (non-hydrogen) atoms. The lowest BCUT2D eigenvalue weighted by molar-refractivity contribution is -0.137. The van der Waals surface area contributed by atoms with E-state index < -0.39 is 11.7 Å². The number of hydrogen-bond acceptors (Lipinski definition) is 3. The third-order valence-electron chi connectivity index (χ3n) is 5.42. The maximum atomic E-state index is 13.1. The van der Waals surface area contributed by atoms with Crippen LogP contribution < -0.4 is 0 Å². The van der Waals surface area contributed by atoms with E-state index in [1.807, 2.05) is 26.0 Å². The first-order valence-corrected chi connectivity index (χ1v) is 10.4. The van der Waals surface area contributed by atoms with Gasteiger partial charge in [0, 0.05) is 0 Å². The van der Waals surface area contributed by atoms with Crippen LogP contribution in [0.3, 0.4) is 0 Å². The first-order valence-electron chi connectivity index (χ1n) is 10.4. The largest absolute Gasteiger partial charge is 0.505 e. The number of phenolic OH excluding ortho intramolecular Hbond substituents is 1. The van der Waals surface area contributed by atoms with Crippen molar-refractivity contribution in [3.05, 3.63) is 47.0 Å². The average Bonchev–Trinajstić information content (AvgIpc) is 3.01. The topological polar surface area (TPSA) is 50.9 Å². The summed E-state index contributed by atoms with van der Waals surface area (Å²) >= 11 is 0. The molecule has 0 spiro atoms. The predicted molar refractivity (Wildman–Crippen MR) is 117 cm³/mol. The van der Waals surface area contributed by atoms with Gasteiger partial charge in [0.25, 0.3) is 0 Å². The number of phenols is 1. The van der Waals surface area contributed by atoms with Crippen LogP contribution >= 0.6 is 0 Å². The molecule has 3 rings (SSSR count). The molecule has 0 radical (unpaired) electrons. The minimum atomic E-state index is -4.46. The van der Waals surface area contributed by atoms with E-state index in [0.29, 0.717) is 11.2 Å². The Labute approximate surface area is 181 Å². The molecule has 1 heterocycles. The van der Waals surface area contributed by atoms with E-state index in [1.165, 1.54) is 10.9 Å². The van der Waals surface area contributed by atoms with Crippen molar-refractivity contribution in [3.8, 4) is 11.4 Å². The number of hydrogen-bond donors (Lipinski definition) is 1. The highest BCUT2D eigenvalue weighted by Crippen LogP contribution is 2.41. The summed E-state index contributed by atoms with van der Waals surface area (Å²) in [5.41, 5.74) is 1.72. The molecule has 0 aliphatic carbocycles. The third-order valence-corrected chi connectivity index (χ3v) is 5.42. The number of halogens is 3. The minimum absolute atomic E-state index is 0.0432. The number of fused-ring (bicyclic) bond motifs is 1. The molecular weight excluding hydrogens is 403 g/mol. The van der Waals surface area contributed by atoms with Crippen LogP contribution in [0.5, 0.6) is 5.75 Å². The molecule has 1 aromatic heterocycles. The van der Waals surface area contributed by atoms with Crippen LogP contribution in [0.2, 0.25) is 0 Å². The molecule has 0 aliphatic heterocycles. The van der Waals surface area contributed by atoms with Crippen LogP contribution in [-0.2, 0) is 11.6 Å². The second kappa shape index (κ2) is 7.53. The predicted octanol–water partition coefficient (Wildman–Crippen LogP) is 6.98. The van der Waals surface area contributed by atoms with E-state index in [9.17, 15) is 18.3 Å². The summed E-state index contributed by atoms with van der Waals surface area (Å²) in [5, 5.41) is 19.6. The van der Waals surface area contributed by atoms with Crippen LogP contribution in [0.4, 0.5) is 13.2 Å². The fourth-order valence-electron chi connectivity index (χ4n) is 4.25. The van der Waals surface area contributed by atoms with Gasteiger partial charge in [-0.3, -0.25) is 0 Å². The summed E-state index contributed by atoms with van der Waals surface area (Å²) in [6.07, 6.45) is -3.55. The fraction of sp³-hybridized carbons (Fsp3) is 0.500. The van der Waals surface area contributed by atoms with E-state index in [-0.39, 0.29) is 28.0 Å². The van der Waals surface area contributed by atoms with Gasteiger partial charge in [-0.1, -0.05) is 54.5 Å². The van der Waals surface area contributed by atoms with Crippen molar-refractivity contribution in [2.45, 2.75) is 72.4 Å². The van der Waals surface area contributed by atoms with Gasteiger partial charge in [-0.2, -0.15) is 13.2 Å². The van der Waals surface area contributed by atoms with E-state index in [0.717, 1.165) is 29.7 Å². The molecule has 0 atom stereocenters. The molecule has 0 aliphatic rings. The van der Waals surface area contributed by atoms with Crippen LogP contribution in [-0.4, -0.2) is 20.1 Å². The molecule has 0 fully saturated rings. The monoisotopic (exact) mass is 433 g/mol. The van der Waals surface area contributed by atoms with Gasteiger partial charge >= 0.3 is 6.18 Å². The molecule has 168 valence electrons. The van der Waals surface area contributed by atoms with Crippen molar-refractivity contribution in [1.29, 1.82) is 0 Å². The zero-order chi connectivity index (χ0) is 23.4. The Balaban J connectivity index is 2.19. The summed E-state index contributed by atoms with van der Waals surface area (Å²) in [5.74, 6) is 0.0904. The molecule has 0 unspecified atom stereocenters. The Morgan fingerprint density at radius 1 is 0.903 bits per heavy atom. The highest BCUT2D eigenvalue weighted by molar-refractivity contribution is 5.75. The van der Waals surface area contributed by atoms with Crippen molar-refractivity contribution in [2.75, 3.05) is 0 Å². The lowest BCUT2D eigenvalue weighted by Crippen LogP contribution is -2.25. The maximum Gasteiger partial charge on any atom is 0.416 e. The van der Waals surface area contributed by atoms with Crippen molar-refractivity contribution in [2.24, 2.45) is 5.41 Å². The molecule has 2 aromatic carbocycles. The number of aromatic hydroxyl groups is 1. The number of nitrogens with zero attached hydrogens (tertiary/aromatic N) is 3. The first kappa shape index (κ1) is 23.1. The Morgan fingerprint density at radius 2 is 1.52 bits per heavy atom. The van der Waals surface area contributed by atoms with Crippen LogP contribution in [0.25, 0.3) is 16.7 Å². The van der Waals surface area contributed by atoms with Gasteiger partial charge in [0.1, 0.15) is 22.5 Å². The molecule has 0 amide bonds. The van der Waals surface area contributed by atoms with Gasteiger partial charge in [0.05, 0.1) is 5.56 Å². The lowest BCUT2D eigenvalue weighted by atomic mass is 9.71. The molecule has 3 aromatic rings. The molecule has 0 bridgehead atoms. The smallest absolute Gasteiger partial charge is 0.416 e. The van der Waals surface area contributed by atoms with Crippen LogP contribution in [0.1, 0.15) is 77.5 Å². The molecule has 0 saturated heterocycles. The summed E-state index contributed by atoms with van der Waals surface area (Å²) in [7, 11) is 0. The number of benzene rings is 2. The summed E-state index contributed by atoms with van der Waals surface area (Å²) in [6.45, 7) is 14.8. The molecule has 1 N–H and O–H groups in total. The zero-order valence-corrected chi connectivity index (χ0v) is 19.1. The highest BCUT2D eigenvalue weighted by Gasteiger charge is 2.32. The molecule has 4 nitrogen and oxygen atoms in total. The van der Waals surface area contributed by atoms with Crippen molar-refractivity contribution >= 4 is 11.0 Å². The standard InChI is InChI=1S/C24H30F3N3O/c1-14(2)17-10-16(23(6,7)13-22(3,4)5)12-20(21(17)31)30-28-18-9-8-15(24(25,26)27)11-19(18)29-30/h8-12,14,31H,13H2,1-7H3. The Kier molecular flexibility index (Phi) is 5.61. The van der Waals surface area contributed by atoms with Crippen molar-refractivity contribution in [1.82, 2.24) is 15.0 Å². The second-order valence-corrected chi connectivity index (χ2v) is 10.4. The van der Waals surface area contributed by atoms with Crippen LogP contribution in [0, 0.1) is 5.41 Å². The Morgan fingerprint density at radius 3 is 2.06 bits per heavy atom. The minimum Gasteiger partial charge on any atom is -0.505 e. The molecular formula is C24H30F3N3O. The van der Waals surface area contributed by atoms with Gasteiger partial charge in [-0.15, -0.1) is 15.0 Å². The zero-order valence-electron chi connectivity index (χ0n) is 19.1. The van der Waals surface area contributed by atoms with Crippen LogP contribution in [0.15, 0.2) is 30.3 Å². The van der Waals surface area contributed by atoms with E-state index in [4.69, 9.17) is 0 Å². The van der Waals surface area contributed by atoms with Gasteiger partial charge in [0.15, 0.2) is 0 Å². The van der Waals surface area contributed by atoms with Crippen molar-refractivity contribution in [3.63, 3.8) is 0 Å². The second-order valence-electron chi connectivity index (χ2n) is 10.4. The third kappa shape index (κ3) is 4.86. The normalized spacial score (nSPS) is 13.4. The Bertz CT molecular complexity index is 1110.